The van der Waals surface area contributed by atoms with Gasteiger partial charge in [-0.05, 0) is 12.1 Å². The minimum atomic E-state index is -1.17. The van der Waals surface area contributed by atoms with Crippen molar-refractivity contribution in [2.24, 2.45) is 0 Å². The fourth-order valence-corrected chi connectivity index (χ4v) is 1.53. The molecule has 0 radical (unpaired) electrons. The van der Waals surface area contributed by atoms with Crippen LogP contribution in [0.15, 0.2) is 35.3 Å². The van der Waals surface area contributed by atoms with Gasteiger partial charge in [-0.25, -0.2) is 9.59 Å². The quantitative estimate of drug-likeness (QED) is 0.825. The molecule has 0 amide bonds. The Bertz CT molecular complexity index is 612. The molecule has 0 bridgehead atoms. The van der Waals surface area contributed by atoms with E-state index < -0.39 is 11.7 Å². The third-order valence-electron chi connectivity index (χ3n) is 2.31. The first-order valence-electron chi connectivity index (χ1n) is 4.81. The molecule has 1 aromatic heterocycles. The number of carbonyl (C=O) groups is 1. The monoisotopic (exact) mass is 234 g/mol. The van der Waals surface area contributed by atoms with Crippen molar-refractivity contribution in [3.63, 3.8) is 0 Å². The minimum absolute atomic E-state index is 0.122. The lowest BCUT2D eigenvalue weighted by Crippen LogP contribution is -2.19. The van der Waals surface area contributed by atoms with Gasteiger partial charge in [-0.1, -0.05) is 6.07 Å². The van der Waals surface area contributed by atoms with Gasteiger partial charge in [-0.3, -0.25) is 4.57 Å². The van der Waals surface area contributed by atoms with E-state index in [-0.39, 0.29) is 5.69 Å². The third-order valence-corrected chi connectivity index (χ3v) is 2.31. The van der Waals surface area contributed by atoms with E-state index in [2.05, 4.69) is 4.98 Å². The first kappa shape index (κ1) is 11.0. The first-order chi connectivity index (χ1) is 8.13. The topological polar surface area (TPSA) is 84.3 Å². The molecule has 0 unspecified atom stereocenters. The number of ether oxygens (including phenoxy) is 1. The zero-order valence-corrected chi connectivity index (χ0v) is 9.01. The third kappa shape index (κ3) is 1.92. The number of rotatable bonds is 3. The maximum atomic E-state index is 11.5. The van der Waals surface area contributed by atoms with Crippen molar-refractivity contribution in [1.82, 2.24) is 9.55 Å². The van der Waals surface area contributed by atoms with Gasteiger partial charge < -0.3 is 14.8 Å². The fourth-order valence-electron chi connectivity index (χ4n) is 1.53. The van der Waals surface area contributed by atoms with Gasteiger partial charge >= 0.3 is 11.7 Å². The van der Waals surface area contributed by atoms with E-state index in [9.17, 15) is 9.59 Å². The summed E-state index contributed by atoms with van der Waals surface area (Å²) < 4.78 is 6.09. The van der Waals surface area contributed by atoms with E-state index in [1.807, 2.05) is 0 Å². The molecule has 0 aliphatic heterocycles. The van der Waals surface area contributed by atoms with E-state index in [1.54, 1.807) is 24.3 Å². The van der Waals surface area contributed by atoms with Crippen LogP contribution in [-0.2, 0) is 0 Å². The average Bonchev–Trinajstić information content (AvgIpc) is 2.71. The second-order valence-corrected chi connectivity index (χ2v) is 3.32. The number of imidazole rings is 1. The van der Waals surface area contributed by atoms with E-state index in [0.29, 0.717) is 11.4 Å². The van der Waals surface area contributed by atoms with Gasteiger partial charge in [0.05, 0.1) is 12.8 Å². The van der Waals surface area contributed by atoms with Crippen molar-refractivity contribution < 1.29 is 14.6 Å². The number of H-pyrrole nitrogens is 1. The number of carboxylic acids is 1. The van der Waals surface area contributed by atoms with Crippen LogP contribution in [0, 0.1) is 0 Å². The summed E-state index contributed by atoms with van der Waals surface area (Å²) in [4.78, 5) is 24.8. The molecule has 0 aliphatic carbocycles. The van der Waals surface area contributed by atoms with Crippen LogP contribution in [0.25, 0.3) is 5.69 Å². The Morgan fingerprint density at radius 1 is 1.47 bits per heavy atom. The van der Waals surface area contributed by atoms with Crippen molar-refractivity contribution in [2.45, 2.75) is 0 Å². The lowest BCUT2D eigenvalue weighted by Gasteiger charge is -2.06. The van der Waals surface area contributed by atoms with E-state index in [0.717, 1.165) is 10.8 Å². The number of aromatic carboxylic acids is 1. The van der Waals surface area contributed by atoms with Gasteiger partial charge in [0.2, 0.25) is 0 Å². The first-order valence-corrected chi connectivity index (χ1v) is 4.81. The van der Waals surface area contributed by atoms with Crippen LogP contribution in [0.3, 0.4) is 0 Å². The molecule has 1 heterocycles. The number of methoxy groups -OCH3 is 1. The number of hydrogen-bond acceptors (Lipinski definition) is 3. The van der Waals surface area contributed by atoms with Gasteiger partial charge in [0, 0.05) is 12.3 Å². The molecular formula is C11H10N2O4. The van der Waals surface area contributed by atoms with E-state index >= 15 is 0 Å². The summed E-state index contributed by atoms with van der Waals surface area (Å²) >= 11 is 0. The van der Waals surface area contributed by atoms with Gasteiger partial charge in [0.25, 0.3) is 0 Å². The smallest absolute Gasteiger partial charge is 0.354 e. The van der Waals surface area contributed by atoms with Crippen molar-refractivity contribution in [2.75, 3.05) is 7.11 Å². The van der Waals surface area contributed by atoms with Gasteiger partial charge in [0.15, 0.2) is 5.69 Å². The predicted molar refractivity (Wildman–Crippen MR) is 59.9 cm³/mol. The molecule has 2 rings (SSSR count). The summed E-state index contributed by atoms with van der Waals surface area (Å²) in [6.45, 7) is 0. The molecule has 0 atom stereocenters. The highest BCUT2D eigenvalue weighted by atomic mass is 16.5. The van der Waals surface area contributed by atoms with Crippen LogP contribution in [0.4, 0.5) is 0 Å². The Kier molecular flexibility index (Phi) is 2.70. The number of benzene rings is 1. The lowest BCUT2D eigenvalue weighted by atomic mass is 10.3. The molecule has 0 saturated carbocycles. The van der Waals surface area contributed by atoms with E-state index in [4.69, 9.17) is 9.84 Å². The lowest BCUT2D eigenvalue weighted by molar-refractivity contribution is 0.0688. The second kappa shape index (κ2) is 4.17. The SMILES string of the molecule is COc1cccc(-n2c(C(=O)O)c[nH]c2=O)c1. The van der Waals surface area contributed by atoms with Gasteiger partial charge in [0.1, 0.15) is 5.75 Å². The summed E-state index contributed by atoms with van der Waals surface area (Å²) in [6.07, 6.45) is 1.16. The molecule has 88 valence electrons. The Labute approximate surface area is 96.1 Å². The maximum absolute atomic E-state index is 11.5. The summed E-state index contributed by atoms with van der Waals surface area (Å²) in [5.74, 6) is -0.627. The van der Waals surface area contributed by atoms with Gasteiger partial charge in [-0.15, -0.1) is 0 Å². The Hall–Kier alpha value is -2.50. The van der Waals surface area contributed by atoms with E-state index in [1.165, 1.54) is 7.11 Å². The number of hydrogen-bond donors (Lipinski definition) is 2. The molecule has 1 aromatic carbocycles. The van der Waals surface area contributed by atoms with Crippen LogP contribution in [0.5, 0.6) is 5.75 Å². The zero-order valence-electron chi connectivity index (χ0n) is 9.01. The molecule has 0 fully saturated rings. The van der Waals surface area contributed by atoms with Crippen molar-refractivity contribution in [1.29, 1.82) is 0 Å². The van der Waals surface area contributed by atoms with Crippen LogP contribution in [0.2, 0.25) is 0 Å². The summed E-state index contributed by atoms with van der Waals surface area (Å²) in [5, 5.41) is 8.96. The summed E-state index contributed by atoms with van der Waals surface area (Å²) in [5.41, 5.74) is -0.188. The maximum Gasteiger partial charge on any atom is 0.354 e. The molecular weight excluding hydrogens is 224 g/mol. The molecule has 0 aliphatic rings. The number of nitrogens with one attached hydrogen (secondary N) is 1. The van der Waals surface area contributed by atoms with Crippen molar-refractivity contribution in [3.05, 3.63) is 46.6 Å². The van der Waals surface area contributed by atoms with Crippen molar-refractivity contribution >= 4 is 5.97 Å². The van der Waals surface area contributed by atoms with Crippen LogP contribution in [-0.4, -0.2) is 27.7 Å². The number of carboxylic acid groups (broad SMARTS) is 1. The Morgan fingerprint density at radius 3 is 2.88 bits per heavy atom. The van der Waals surface area contributed by atoms with Crippen LogP contribution < -0.4 is 10.4 Å². The van der Waals surface area contributed by atoms with Crippen LogP contribution in [0.1, 0.15) is 10.5 Å². The minimum Gasteiger partial charge on any atom is -0.497 e. The summed E-state index contributed by atoms with van der Waals surface area (Å²) in [6, 6.07) is 6.60. The number of aromatic nitrogens is 2. The largest absolute Gasteiger partial charge is 0.497 e. The highest BCUT2D eigenvalue weighted by Crippen LogP contribution is 2.16. The number of nitrogens with zero attached hydrogens (tertiary/aromatic N) is 1. The molecule has 6 nitrogen and oxygen atoms in total. The average molecular weight is 234 g/mol. The number of aromatic amines is 1. The summed E-state index contributed by atoms with van der Waals surface area (Å²) in [7, 11) is 1.50. The standard InChI is InChI=1S/C11H10N2O4/c1-17-8-4-2-3-7(5-8)13-9(10(14)15)6-12-11(13)16/h2-6H,1H3,(H,12,16)(H,14,15). The molecule has 0 saturated heterocycles. The Balaban J connectivity index is 2.63. The normalized spacial score (nSPS) is 10.2. The molecule has 2 N–H and O–H groups in total. The van der Waals surface area contributed by atoms with Crippen molar-refractivity contribution in [3.8, 4) is 11.4 Å². The molecule has 2 aromatic rings. The molecule has 0 spiro atoms. The highest BCUT2D eigenvalue weighted by Gasteiger charge is 2.14. The Morgan fingerprint density at radius 2 is 2.24 bits per heavy atom. The van der Waals surface area contributed by atoms with Gasteiger partial charge in [-0.2, -0.15) is 0 Å². The fraction of sp³-hybridized carbons (Fsp3) is 0.0909. The second-order valence-electron chi connectivity index (χ2n) is 3.32. The van der Waals surface area contributed by atoms with Crippen LogP contribution >= 0.6 is 0 Å². The highest BCUT2D eigenvalue weighted by molar-refractivity contribution is 5.86. The molecule has 6 heteroatoms. The molecule has 17 heavy (non-hydrogen) atoms. The predicted octanol–water partition coefficient (Wildman–Crippen LogP) is 0.872. The zero-order chi connectivity index (χ0) is 12.4.